The summed E-state index contributed by atoms with van der Waals surface area (Å²) < 4.78 is 11.8. The van der Waals surface area contributed by atoms with Crippen LogP contribution in [0.1, 0.15) is 24.0 Å². The number of aliphatic hydroxyl groups excluding tert-OH is 1. The molecule has 0 aromatic heterocycles. The molecule has 3 rings (SSSR count). The van der Waals surface area contributed by atoms with E-state index in [0.717, 1.165) is 59.2 Å². The lowest BCUT2D eigenvalue weighted by Crippen LogP contribution is -2.19. The highest BCUT2D eigenvalue weighted by Crippen LogP contribution is 2.32. The molecule has 30 heavy (non-hydrogen) atoms. The number of aliphatic hydroxyl groups is 1. The van der Waals surface area contributed by atoms with Gasteiger partial charge in [-0.1, -0.05) is 24.3 Å². The van der Waals surface area contributed by atoms with E-state index in [0.29, 0.717) is 13.2 Å². The van der Waals surface area contributed by atoms with Crippen LogP contribution in [0.25, 0.3) is 10.8 Å². The fourth-order valence-corrected chi connectivity index (χ4v) is 3.33. The maximum Gasteiger partial charge on any atom is 0.123 e. The molecule has 0 fully saturated rings. The number of likely N-dealkylation sites (N-methyl/N-ethyl adjacent to an activating group) is 1. The molecule has 0 radical (unpaired) electrons. The van der Waals surface area contributed by atoms with Crippen molar-refractivity contribution in [1.29, 1.82) is 0 Å². The number of aromatic hydroxyl groups is 1. The lowest BCUT2D eigenvalue weighted by atomic mass is 9.97. The van der Waals surface area contributed by atoms with E-state index in [1.54, 1.807) is 12.1 Å². The van der Waals surface area contributed by atoms with Gasteiger partial charge in [0.15, 0.2) is 0 Å². The van der Waals surface area contributed by atoms with Gasteiger partial charge >= 0.3 is 0 Å². The van der Waals surface area contributed by atoms with Gasteiger partial charge in [0.25, 0.3) is 0 Å². The molecule has 0 unspecified atom stereocenters. The monoisotopic (exact) mass is 409 g/mol. The fourth-order valence-electron chi connectivity index (χ4n) is 3.33. The molecule has 5 nitrogen and oxygen atoms in total. The number of hydrogen-bond acceptors (Lipinski definition) is 5. The number of hydrogen-bond donors (Lipinski definition) is 2. The van der Waals surface area contributed by atoms with Gasteiger partial charge in [-0.3, -0.25) is 0 Å². The molecule has 5 heteroatoms. The number of fused-ring (bicyclic) bond motifs is 1. The van der Waals surface area contributed by atoms with Crippen molar-refractivity contribution in [2.45, 2.75) is 19.3 Å². The van der Waals surface area contributed by atoms with E-state index in [-0.39, 0.29) is 12.4 Å². The van der Waals surface area contributed by atoms with Gasteiger partial charge in [0.05, 0.1) is 6.61 Å². The van der Waals surface area contributed by atoms with Crippen LogP contribution in [-0.4, -0.2) is 55.6 Å². The van der Waals surface area contributed by atoms with Crippen LogP contribution in [0.5, 0.6) is 17.2 Å². The number of benzene rings is 3. The van der Waals surface area contributed by atoms with Crippen LogP contribution >= 0.6 is 0 Å². The number of rotatable bonds is 11. The molecule has 0 spiro atoms. The van der Waals surface area contributed by atoms with Crippen molar-refractivity contribution in [1.82, 2.24) is 4.90 Å². The highest BCUT2D eigenvalue weighted by atomic mass is 16.5. The molecular weight excluding hydrogens is 378 g/mol. The largest absolute Gasteiger partial charge is 0.508 e. The summed E-state index contributed by atoms with van der Waals surface area (Å²) in [5.74, 6) is 1.96. The van der Waals surface area contributed by atoms with Gasteiger partial charge in [-0.2, -0.15) is 0 Å². The minimum atomic E-state index is 0.177. The van der Waals surface area contributed by atoms with Crippen molar-refractivity contribution in [2.24, 2.45) is 0 Å². The molecule has 0 aliphatic carbocycles. The molecule has 0 saturated heterocycles. The Morgan fingerprint density at radius 2 is 1.67 bits per heavy atom. The minimum absolute atomic E-state index is 0.177. The standard InChI is InChI=1S/C25H31NO4/c1-26(2)13-16-29-22-9-5-19(6-10-22)17-24-23-11-8-21(28)18-20(23)7-12-25(24)30-15-4-3-14-27/h5-12,18,27-28H,3-4,13-17H2,1-2H3. The van der Waals surface area contributed by atoms with Gasteiger partial charge in [0.2, 0.25) is 0 Å². The van der Waals surface area contributed by atoms with Gasteiger partial charge in [0, 0.05) is 25.1 Å². The summed E-state index contributed by atoms with van der Waals surface area (Å²) in [5.41, 5.74) is 2.26. The summed E-state index contributed by atoms with van der Waals surface area (Å²) in [6.45, 7) is 2.28. The minimum Gasteiger partial charge on any atom is -0.508 e. The van der Waals surface area contributed by atoms with E-state index in [2.05, 4.69) is 17.0 Å². The SMILES string of the molecule is CN(C)CCOc1ccc(Cc2c(OCCCCO)ccc3cc(O)ccc23)cc1. The first-order chi connectivity index (χ1) is 14.6. The van der Waals surface area contributed by atoms with Crippen LogP contribution < -0.4 is 9.47 Å². The topological polar surface area (TPSA) is 62.2 Å². The summed E-state index contributed by atoms with van der Waals surface area (Å²) in [6, 6.07) is 17.5. The Bertz CT molecular complexity index is 938. The van der Waals surface area contributed by atoms with Crippen LogP contribution in [-0.2, 0) is 6.42 Å². The predicted molar refractivity (Wildman–Crippen MR) is 121 cm³/mol. The fraction of sp³-hybridized carbons (Fsp3) is 0.360. The first-order valence-corrected chi connectivity index (χ1v) is 10.4. The Morgan fingerprint density at radius 1 is 0.867 bits per heavy atom. The summed E-state index contributed by atoms with van der Waals surface area (Å²) >= 11 is 0. The van der Waals surface area contributed by atoms with Crippen LogP contribution in [0.15, 0.2) is 54.6 Å². The molecule has 0 heterocycles. The molecule has 0 atom stereocenters. The Morgan fingerprint density at radius 3 is 2.40 bits per heavy atom. The number of nitrogens with zero attached hydrogens (tertiary/aromatic N) is 1. The van der Waals surface area contributed by atoms with E-state index in [9.17, 15) is 5.11 Å². The van der Waals surface area contributed by atoms with Crippen molar-refractivity contribution < 1.29 is 19.7 Å². The number of phenolic OH excluding ortho intramolecular Hbond substituents is 1. The van der Waals surface area contributed by atoms with E-state index in [1.165, 1.54) is 0 Å². The second kappa shape index (κ2) is 10.9. The summed E-state index contributed by atoms with van der Waals surface area (Å²) in [6.07, 6.45) is 2.25. The van der Waals surface area contributed by atoms with Gasteiger partial charge in [-0.25, -0.2) is 0 Å². The zero-order chi connectivity index (χ0) is 21.3. The molecule has 160 valence electrons. The lowest BCUT2D eigenvalue weighted by Gasteiger charge is -2.15. The van der Waals surface area contributed by atoms with Gasteiger partial charge < -0.3 is 24.6 Å². The molecular formula is C25H31NO4. The van der Waals surface area contributed by atoms with E-state index < -0.39 is 0 Å². The Kier molecular flexibility index (Phi) is 7.94. The molecule has 3 aromatic rings. The van der Waals surface area contributed by atoms with Crippen LogP contribution in [0.4, 0.5) is 0 Å². The molecule has 0 aliphatic rings. The van der Waals surface area contributed by atoms with Gasteiger partial charge in [0.1, 0.15) is 23.9 Å². The molecule has 3 aromatic carbocycles. The maximum absolute atomic E-state index is 9.84. The lowest BCUT2D eigenvalue weighted by molar-refractivity contribution is 0.252. The molecule has 0 amide bonds. The number of phenols is 1. The first kappa shape index (κ1) is 21.9. The van der Waals surface area contributed by atoms with Crippen molar-refractivity contribution in [3.8, 4) is 17.2 Å². The normalized spacial score (nSPS) is 11.2. The highest BCUT2D eigenvalue weighted by Gasteiger charge is 2.11. The second-order valence-corrected chi connectivity index (χ2v) is 7.70. The molecule has 0 aliphatic heterocycles. The predicted octanol–water partition coefficient (Wildman–Crippen LogP) is 4.23. The number of ether oxygens (including phenoxy) is 2. The van der Waals surface area contributed by atoms with Crippen molar-refractivity contribution in [2.75, 3.05) is 40.5 Å². The summed E-state index contributed by atoms with van der Waals surface area (Å²) in [5, 5.41) is 20.9. The number of unbranched alkanes of at least 4 members (excludes halogenated alkanes) is 1. The third kappa shape index (κ3) is 6.12. The zero-order valence-corrected chi connectivity index (χ0v) is 17.8. The quantitative estimate of drug-likeness (QED) is 0.464. The molecule has 0 bridgehead atoms. The average Bonchev–Trinajstić information content (AvgIpc) is 2.73. The van der Waals surface area contributed by atoms with E-state index in [1.807, 2.05) is 44.4 Å². The maximum atomic E-state index is 9.84. The zero-order valence-electron chi connectivity index (χ0n) is 17.8. The van der Waals surface area contributed by atoms with Gasteiger partial charge in [-0.15, -0.1) is 0 Å². The van der Waals surface area contributed by atoms with E-state index >= 15 is 0 Å². The third-order valence-corrected chi connectivity index (χ3v) is 4.99. The van der Waals surface area contributed by atoms with Gasteiger partial charge in [-0.05, 0) is 73.6 Å². The van der Waals surface area contributed by atoms with Crippen LogP contribution in [0.3, 0.4) is 0 Å². The van der Waals surface area contributed by atoms with Crippen molar-refractivity contribution in [3.05, 3.63) is 65.7 Å². The molecule has 0 saturated carbocycles. The Hall–Kier alpha value is -2.76. The van der Waals surface area contributed by atoms with E-state index in [4.69, 9.17) is 14.6 Å². The second-order valence-electron chi connectivity index (χ2n) is 7.70. The van der Waals surface area contributed by atoms with Crippen LogP contribution in [0.2, 0.25) is 0 Å². The summed E-state index contributed by atoms with van der Waals surface area (Å²) in [4.78, 5) is 2.09. The first-order valence-electron chi connectivity index (χ1n) is 10.4. The summed E-state index contributed by atoms with van der Waals surface area (Å²) in [7, 11) is 4.06. The Labute approximate surface area is 178 Å². The highest BCUT2D eigenvalue weighted by molar-refractivity contribution is 5.89. The Balaban J connectivity index is 1.80. The molecule has 2 N–H and O–H groups in total. The average molecular weight is 410 g/mol. The van der Waals surface area contributed by atoms with Crippen molar-refractivity contribution >= 4 is 10.8 Å². The third-order valence-electron chi connectivity index (χ3n) is 4.99. The smallest absolute Gasteiger partial charge is 0.123 e. The van der Waals surface area contributed by atoms with Crippen molar-refractivity contribution in [3.63, 3.8) is 0 Å². The van der Waals surface area contributed by atoms with Crippen LogP contribution in [0, 0.1) is 0 Å².